The summed E-state index contributed by atoms with van der Waals surface area (Å²) in [4.78, 5) is 13.8. The van der Waals surface area contributed by atoms with Gasteiger partial charge in [-0.15, -0.1) is 0 Å². The Labute approximate surface area is 96.2 Å². The molecule has 0 amide bonds. The van der Waals surface area contributed by atoms with Crippen molar-refractivity contribution in [2.75, 3.05) is 0 Å². The third-order valence-corrected chi connectivity index (χ3v) is 2.30. The van der Waals surface area contributed by atoms with Gasteiger partial charge in [0.1, 0.15) is 0 Å². The molecule has 0 unspecified atom stereocenters. The van der Waals surface area contributed by atoms with E-state index in [0.29, 0.717) is 16.8 Å². The molecule has 0 radical (unpaired) electrons. The Morgan fingerprint density at radius 2 is 1.76 bits per heavy atom. The van der Waals surface area contributed by atoms with E-state index in [1.807, 2.05) is 0 Å². The lowest BCUT2D eigenvalue weighted by atomic mass is 10.0. The van der Waals surface area contributed by atoms with E-state index in [4.69, 9.17) is 0 Å². The first kappa shape index (κ1) is 11.2. The maximum absolute atomic E-state index is 13.1. The summed E-state index contributed by atoms with van der Waals surface area (Å²) in [6.45, 7) is 0. The molecule has 0 N–H and O–H groups in total. The van der Waals surface area contributed by atoms with E-state index in [0.717, 1.165) is 12.1 Å². The van der Waals surface area contributed by atoms with Gasteiger partial charge in [0.05, 0.1) is 5.69 Å². The van der Waals surface area contributed by atoms with Crippen molar-refractivity contribution in [3.8, 4) is 11.1 Å². The second-order valence-corrected chi connectivity index (χ2v) is 3.35. The van der Waals surface area contributed by atoms with Gasteiger partial charge in [-0.2, -0.15) is 4.99 Å². The molecule has 2 aromatic rings. The fraction of sp³-hybridized carbons (Fsp3) is 0. The number of rotatable bonds is 2. The van der Waals surface area contributed by atoms with Gasteiger partial charge in [-0.25, -0.2) is 13.6 Å². The van der Waals surface area contributed by atoms with Crippen molar-refractivity contribution in [1.29, 1.82) is 0 Å². The highest BCUT2D eigenvalue weighted by Gasteiger charge is 2.07. The number of hydrogen-bond donors (Lipinski definition) is 0. The van der Waals surface area contributed by atoms with Crippen LogP contribution in [-0.4, -0.2) is 6.08 Å². The fourth-order valence-corrected chi connectivity index (χ4v) is 1.53. The molecular weight excluding hydrogens is 224 g/mol. The number of benzene rings is 2. The average molecular weight is 231 g/mol. The van der Waals surface area contributed by atoms with E-state index < -0.39 is 11.6 Å². The van der Waals surface area contributed by atoms with Crippen molar-refractivity contribution in [2.24, 2.45) is 4.99 Å². The molecule has 0 aliphatic rings. The number of para-hydroxylation sites is 1. The van der Waals surface area contributed by atoms with Crippen molar-refractivity contribution in [1.82, 2.24) is 0 Å². The van der Waals surface area contributed by atoms with Gasteiger partial charge in [0.15, 0.2) is 11.6 Å². The van der Waals surface area contributed by atoms with Crippen molar-refractivity contribution in [2.45, 2.75) is 0 Å². The summed E-state index contributed by atoms with van der Waals surface area (Å²) < 4.78 is 25.9. The summed E-state index contributed by atoms with van der Waals surface area (Å²) in [5, 5.41) is 0. The third-order valence-electron chi connectivity index (χ3n) is 2.30. The zero-order valence-corrected chi connectivity index (χ0v) is 8.65. The molecule has 0 spiro atoms. The van der Waals surface area contributed by atoms with Gasteiger partial charge in [0, 0.05) is 5.56 Å². The Balaban J connectivity index is 2.59. The molecule has 0 bridgehead atoms. The van der Waals surface area contributed by atoms with Crippen LogP contribution in [0.5, 0.6) is 0 Å². The number of nitrogens with zero attached hydrogens (tertiary/aromatic N) is 1. The molecular formula is C13H7F2NO. The Morgan fingerprint density at radius 3 is 2.47 bits per heavy atom. The first-order chi connectivity index (χ1) is 8.22. The molecule has 0 saturated carbocycles. The van der Waals surface area contributed by atoms with Gasteiger partial charge >= 0.3 is 0 Å². The van der Waals surface area contributed by atoms with E-state index in [2.05, 4.69) is 4.99 Å². The molecule has 0 saturated heterocycles. The summed E-state index contributed by atoms with van der Waals surface area (Å²) in [5.74, 6) is -1.85. The highest BCUT2D eigenvalue weighted by Crippen LogP contribution is 2.30. The van der Waals surface area contributed by atoms with Gasteiger partial charge in [-0.3, -0.25) is 0 Å². The van der Waals surface area contributed by atoms with Crippen molar-refractivity contribution in [3.63, 3.8) is 0 Å². The van der Waals surface area contributed by atoms with Crippen LogP contribution in [0, 0.1) is 11.6 Å². The van der Waals surface area contributed by atoms with Crippen LogP contribution in [0.1, 0.15) is 0 Å². The normalized spacial score (nSPS) is 9.76. The number of halogens is 2. The second-order valence-electron chi connectivity index (χ2n) is 3.35. The quantitative estimate of drug-likeness (QED) is 0.573. The van der Waals surface area contributed by atoms with E-state index in [-0.39, 0.29) is 0 Å². The van der Waals surface area contributed by atoms with E-state index >= 15 is 0 Å². The lowest BCUT2D eigenvalue weighted by Crippen LogP contribution is -1.85. The lowest BCUT2D eigenvalue weighted by molar-refractivity contribution is 0.509. The molecule has 0 heterocycles. The Hall–Kier alpha value is -2.32. The highest BCUT2D eigenvalue weighted by atomic mass is 19.2. The zero-order valence-electron chi connectivity index (χ0n) is 8.65. The molecule has 2 aromatic carbocycles. The Kier molecular flexibility index (Phi) is 3.08. The predicted molar refractivity (Wildman–Crippen MR) is 59.6 cm³/mol. The number of aliphatic imine (C=N–C) groups is 1. The minimum atomic E-state index is -0.938. The van der Waals surface area contributed by atoms with Crippen LogP contribution in [0.3, 0.4) is 0 Å². The first-order valence-electron chi connectivity index (χ1n) is 4.84. The zero-order chi connectivity index (χ0) is 12.3. The summed E-state index contributed by atoms with van der Waals surface area (Å²) in [6.07, 6.45) is 1.43. The third kappa shape index (κ3) is 2.27. The maximum Gasteiger partial charge on any atom is 0.240 e. The summed E-state index contributed by atoms with van der Waals surface area (Å²) in [7, 11) is 0. The van der Waals surface area contributed by atoms with E-state index in [1.54, 1.807) is 24.3 Å². The highest BCUT2D eigenvalue weighted by molar-refractivity contribution is 5.77. The van der Waals surface area contributed by atoms with Crippen LogP contribution in [0.25, 0.3) is 11.1 Å². The largest absolute Gasteiger partial charge is 0.240 e. The lowest BCUT2D eigenvalue weighted by Gasteiger charge is -2.04. The molecule has 84 valence electrons. The van der Waals surface area contributed by atoms with E-state index in [1.165, 1.54) is 12.1 Å². The SMILES string of the molecule is O=C=Nc1ccccc1-c1ccc(F)c(F)c1. The molecule has 17 heavy (non-hydrogen) atoms. The van der Waals surface area contributed by atoms with Gasteiger partial charge in [0.2, 0.25) is 6.08 Å². The van der Waals surface area contributed by atoms with Gasteiger partial charge in [0.25, 0.3) is 0 Å². The number of carbonyl (C=O) groups excluding carboxylic acids is 1. The minimum absolute atomic E-state index is 0.369. The van der Waals surface area contributed by atoms with Gasteiger partial charge in [-0.1, -0.05) is 24.3 Å². The standard InChI is InChI=1S/C13H7F2NO/c14-11-6-5-9(7-12(11)15)10-3-1-2-4-13(10)16-8-17/h1-7H. The molecule has 0 aliphatic carbocycles. The smallest absolute Gasteiger partial charge is 0.211 e. The Bertz CT molecular complexity index is 604. The summed E-state index contributed by atoms with van der Waals surface area (Å²) in [6, 6.07) is 10.2. The number of hydrogen-bond acceptors (Lipinski definition) is 2. The molecule has 0 aliphatic heterocycles. The van der Waals surface area contributed by atoms with Crippen LogP contribution < -0.4 is 0 Å². The molecule has 4 heteroatoms. The maximum atomic E-state index is 13.1. The first-order valence-corrected chi connectivity index (χ1v) is 4.84. The van der Waals surface area contributed by atoms with Gasteiger partial charge in [-0.05, 0) is 23.8 Å². The molecule has 0 aromatic heterocycles. The van der Waals surface area contributed by atoms with Crippen LogP contribution in [0.4, 0.5) is 14.5 Å². The minimum Gasteiger partial charge on any atom is -0.211 e. The van der Waals surface area contributed by atoms with E-state index in [9.17, 15) is 13.6 Å². The van der Waals surface area contributed by atoms with Crippen LogP contribution in [0.15, 0.2) is 47.5 Å². The summed E-state index contributed by atoms with van der Waals surface area (Å²) in [5.41, 5.74) is 1.38. The fourth-order valence-electron chi connectivity index (χ4n) is 1.53. The molecule has 2 nitrogen and oxygen atoms in total. The molecule has 0 fully saturated rings. The van der Waals surface area contributed by atoms with Crippen LogP contribution in [-0.2, 0) is 4.79 Å². The second kappa shape index (κ2) is 4.68. The molecule has 0 atom stereocenters. The monoisotopic (exact) mass is 231 g/mol. The average Bonchev–Trinajstić information content (AvgIpc) is 2.34. The predicted octanol–water partition coefficient (Wildman–Crippen LogP) is 3.60. The Morgan fingerprint density at radius 1 is 1.00 bits per heavy atom. The van der Waals surface area contributed by atoms with Crippen molar-refractivity contribution < 1.29 is 13.6 Å². The van der Waals surface area contributed by atoms with Crippen LogP contribution >= 0.6 is 0 Å². The topological polar surface area (TPSA) is 29.4 Å². The summed E-state index contributed by atoms with van der Waals surface area (Å²) >= 11 is 0. The van der Waals surface area contributed by atoms with Crippen LogP contribution in [0.2, 0.25) is 0 Å². The van der Waals surface area contributed by atoms with Crippen molar-refractivity contribution >= 4 is 11.8 Å². The molecule has 2 rings (SSSR count). The van der Waals surface area contributed by atoms with Gasteiger partial charge < -0.3 is 0 Å². The number of isocyanates is 1. The van der Waals surface area contributed by atoms with Crippen molar-refractivity contribution in [3.05, 3.63) is 54.1 Å².